The molecule has 0 amide bonds. The lowest BCUT2D eigenvalue weighted by Crippen LogP contribution is -2.11. The Morgan fingerprint density at radius 1 is 1.23 bits per heavy atom. The van der Waals surface area contributed by atoms with Crippen LogP contribution in [0, 0.1) is 6.92 Å². The van der Waals surface area contributed by atoms with E-state index in [1.807, 2.05) is 32.9 Å². The molecule has 6 nitrogen and oxygen atoms in total. The van der Waals surface area contributed by atoms with Crippen LogP contribution in [0.2, 0.25) is 0 Å². The molecule has 0 saturated carbocycles. The Labute approximate surface area is 155 Å². The first-order chi connectivity index (χ1) is 12.4. The second kappa shape index (κ2) is 7.21. The van der Waals surface area contributed by atoms with Crippen molar-refractivity contribution in [1.82, 2.24) is 9.97 Å². The molecule has 0 aliphatic heterocycles. The maximum absolute atomic E-state index is 12.3. The number of hydrogen-bond donors (Lipinski definition) is 1. The molecule has 0 radical (unpaired) electrons. The van der Waals surface area contributed by atoms with Gasteiger partial charge in [0.25, 0.3) is 0 Å². The van der Waals surface area contributed by atoms with E-state index < -0.39 is 0 Å². The number of Topliss-reactive ketones (excluding diaryl/α,β-unsaturated/α-hetero) is 1. The van der Waals surface area contributed by atoms with Crippen molar-refractivity contribution < 1.29 is 14.3 Å². The van der Waals surface area contributed by atoms with E-state index in [0.717, 1.165) is 16.6 Å². The van der Waals surface area contributed by atoms with Gasteiger partial charge in [0.1, 0.15) is 21.9 Å². The Morgan fingerprint density at radius 3 is 2.69 bits per heavy atom. The number of carbonyl (C=O) groups excluding carboxylic acids is 2. The molecule has 0 aliphatic carbocycles. The third-order valence-corrected chi connectivity index (χ3v) is 4.97. The van der Waals surface area contributed by atoms with E-state index >= 15 is 0 Å². The standard InChI is InChI=1S/C19H19N3O3S/c1-10(2)25-19(24)16-11(3)15-17(20-9-21-18(15)26-16)22-14-7-5-6-13(8-14)12(4)23/h5-10H,1-4H3,(H,20,21,22). The zero-order chi connectivity index (χ0) is 18.8. The minimum atomic E-state index is -0.356. The van der Waals surface area contributed by atoms with Crippen molar-refractivity contribution in [3.63, 3.8) is 0 Å². The molecule has 26 heavy (non-hydrogen) atoms. The van der Waals surface area contributed by atoms with Gasteiger partial charge >= 0.3 is 5.97 Å². The summed E-state index contributed by atoms with van der Waals surface area (Å²) in [4.78, 5) is 33.7. The number of aromatic nitrogens is 2. The van der Waals surface area contributed by atoms with Gasteiger partial charge in [-0.15, -0.1) is 11.3 Å². The molecule has 134 valence electrons. The van der Waals surface area contributed by atoms with Gasteiger partial charge in [-0.1, -0.05) is 12.1 Å². The van der Waals surface area contributed by atoms with Gasteiger partial charge in [0.2, 0.25) is 0 Å². The van der Waals surface area contributed by atoms with Crippen molar-refractivity contribution >= 4 is 44.8 Å². The molecule has 0 saturated heterocycles. The van der Waals surface area contributed by atoms with Crippen molar-refractivity contribution in [3.8, 4) is 0 Å². The van der Waals surface area contributed by atoms with E-state index in [0.29, 0.717) is 21.1 Å². The summed E-state index contributed by atoms with van der Waals surface area (Å²) in [6.07, 6.45) is 1.26. The number of nitrogens with one attached hydrogen (secondary N) is 1. The van der Waals surface area contributed by atoms with Crippen LogP contribution >= 0.6 is 11.3 Å². The quantitative estimate of drug-likeness (QED) is 0.526. The van der Waals surface area contributed by atoms with E-state index in [1.54, 1.807) is 12.1 Å². The molecule has 2 aromatic heterocycles. The molecule has 2 heterocycles. The maximum Gasteiger partial charge on any atom is 0.348 e. The van der Waals surface area contributed by atoms with Gasteiger partial charge < -0.3 is 10.1 Å². The molecular formula is C19H19N3O3S. The van der Waals surface area contributed by atoms with Crippen LogP contribution < -0.4 is 5.32 Å². The summed E-state index contributed by atoms with van der Waals surface area (Å²) < 4.78 is 5.31. The third-order valence-electron chi connectivity index (χ3n) is 3.79. The normalized spacial score (nSPS) is 11.0. The Bertz CT molecular complexity index is 995. The number of fused-ring (bicyclic) bond motifs is 1. The number of ether oxygens (including phenoxy) is 1. The molecule has 0 spiro atoms. The maximum atomic E-state index is 12.3. The molecule has 1 N–H and O–H groups in total. The number of ketones is 1. The van der Waals surface area contributed by atoms with Crippen molar-refractivity contribution in [3.05, 3.63) is 46.6 Å². The lowest BCUT2D eigenvalue weighted by molar-refractivity contribution is 0.0383. The molecule has 1 aromatic carbocycles. The van der Waals surface area contributed by atoms with Crippen molar-refractivity contribution in [2.45, 2.75) is 33.8 Å². The highest BCUT2D eigenvalue weighted by Gasteiger charge is 2.21. The molecule has 0 atom stereocenters. The molecule has 0 fully saturated rings. The van der Waals surface area contributed by atoms with Gasteiger partial charge in [-0.3, -0.25) is 4.79 Å². The van der Waals surface area contributed by atoms with Crippen molar-refractivity contribution in [2.75, 3.05) is 5.32 Å². The number of rotatable bonds is 5. The van der Waals surface area contributed by atoms with Gasteiger partial charge in [0, 0.05) is 11.3 Å². The summed E-state index contributed by atoms with van der Waals surface area (Å²) in [5, 5.41) is 4.01. The first-order valence-electron chi connectivity index (χ1n) is 8.20. The average Bonchev–Trinajstić information content (AvgIpc) is 2.92. The fraction of sp³-hybridized carbons (Fsp3) is 0.263. The highest BCUT2D eigenvalue weighted by Crippen LogP contribution is 2.35. The number of hydrogen-bond acceptors (Lipinski definition) is 7. The van der Waals surface area contributed by atoms with E-state index in [1.165, 1.54) is 24.6 Å². The van der Waals surface area contributed by atoms with Crippen LogP contribution in [-0.4, -0.2) is 27.8 Å². The van der Waals surface area contributed by atoms with Crippen LogP contribution in [0.1, 0.15) is 46.4 Å². The Hall–Kier alpha value is -2.80. The second-order valence-corrected chi connectivity index (χ2v) is 7.17. The van der Waals surface area contributed by atoms with E-state index in [9.17, 15) is 9.59 Å². The first-order valence-corrected chi connectivity index (χ1v) is 9.01. The summed E-state index contributed by atoms with van der Waals surface area (Å²) in [6, 6.07) is 7.20. The highest BCUT2D eigenvalue weighted by molar-refractivity contribution is 7.20. The van der Waals surface area contributed by atoms with Crippen LogP contribution in [0.3, 0.4) is 0 Å². The molecule has 0 unspecified atom stereocenters. The fourth-order valence-electron chi connectivity index (χ4n) is 2.58. The number of aryl methyl sites for hydroxylation is 1. The smallest absolute Gasteiger partial charge is 0.348 e. The number of benzene rings is 1. The van der Waals surface area contributed by atoms with Crippen molar-refractivity contribution in [1.29, 1.82) is 0 Å². The SMILES string of the molecule is CC(=O)c1cccc(Nc2ncnc3sc(C(=O)OC(C)C)c(C)c23)c1. The number of anilines is 2. The molecule has 7 heteroatoms. The zero-order valence-corrected chi connectivity index (χ0v) is 15.8. The van der Waals surface area contributed by atoms with Gasteiger partial charge in [-0.2, -0.15) is 0 Å². The van der Waals surface area contributed by atoms with Crippen LogP contribution in [-0.2, 0) is 4.74 Å². The third kappa shape index (κ3) is 3.57. The topological polar surface area (TPSA) is 81.2 Å². The summed E-state index contributed by atoms with van der Waals surface area (Å²) in [7, 11) is 0. The summed E-state index contributed by atoms with van der Waals surface area (Å²) in [5.74, 6) is 0.227. The summed E-state index contributed by atoms with van der Waals surface area (Å²) >= 11 is 1.29. The van der Waals surface area contributed by atoms with Gasteiger partial charge in [-0.25, -0.2) is 14.8 Å². The molecule has 0 bridgehead atoms. The van der Waals surface area contributed by atoms with Gasteiger partial charge in [-0.05, 0) is 45.4 Å². The molecule has 0 aliphatic rings. The highest BCUT2D eigenvalue weighted by atomic mass is 32.1. The predicted octanol–water partition coefficient (Wildman–Crippen LogP) is 4.51. The van der Waals surface area contributed by atoms with E-state index in [2.05, 4.69) is 15.3 Å². The predicted molar refractivity (Wildman–Crippen MR) is 102 cm³/mol. The monoisotopic (exact) mass is 369 g/mol. The lowest BCUT2D eigenvalue weighted by atomic mass is 10.1. The van der Waals surface area contributed by atoms with Crippen LogP contribution in [0.25, 0.3) is 10.2 Å². The number of carbonyl (C=O) groups is 2. The van der Waals surface area contributed by atoms with E-state index in [-0.39, 0.29) is 17.9 Å². The van der Waals surface area contributed by atoms with Crippen LogP contribution in [0.4, 0.5) is 11.5 Å². The summed E-state index contributed by atoms with van der Waals surface area (Å²) in [6.45, 7) is 7.01. The second-order valence-electron chi connectivity index (χ2n) is 6.17. The Kier molecular flexibility index (Phi) is 4.99. The molecule has 3 aromatic rings. The minimum absolute atomic E-state index is 0.00749. The molecular weight excluding hydrogens is 350 g/mol. The fourth-order valence-corrected chi connectivity index (χ4v) is 3.61. The number of nitrogens with zero attached hydrogens (tertiary/aromatic N) is 2. The number of thiophene rings is 1. The largest absolute Gasteiger partial charge is 0.459 e. The molecule has 3 rings (SSSR count). The van der Waals surface area contributed by atoms with Crippen LogP contribution in [0.5, 0.6) is 0 Å². The van der Waals surface area contributed by atoms with E-state index in [4.69, 9.17) is 4.74 Å². The van der Waals surface area contributed by atoms with Gasteiger partial charge in [0.15, 0.2) is 5.78 Å². The minimum Gasteiger partial charge on any atom is -0.459 e. The van der Waals surface area contributed by atoms with Gasteiger partial charge in [0.05, 0.1) is 11.5 Å². The zero-order valence-electron chi connectivity index (χ0n) is 15.0. The average molecular weight is 369 g/mol. The van der Waals surface area contributed by atoms with Crippen LogP contribution in [0.15, 0.2) is 30.6 Å². The Balaban J connectivity index is 2.02. The first kappa shape index (κ1) is 18.0. The number of esters is 1. The van der Waals surface area contributed by atoms with Crippen molar-refractivity contribution in [2.24, 2.45) is 0 Å². The summed E-state index contributed by atoms with van der Waals surface area (Å²) in [5.41, 5.74) is 2.14. The lowest BCUT2D eigenvalue weighted by Gasteiger charge is -2.09. The Morgan fingerprint density at radius 2 is 2.00 bits per heavy atom.